The summed E-state index contributed by atoms with van der Waals surface area (Å²) in [5, 5.41) is 8.58. The summed E-state index contributed by atoms with van der Waals surface area (Å²) >= 11 is 14.0. The smallest absolute Gasteiger partial charge is 0.256 e. The highest BCUT2D eigenvalue weighted by Crippen LogP contribution is 2.40. The molecule has 3 heterocycles. The lowest BCUT2D eigenvalue weighted by molar-refractivity contribution is -0.936. The Kier molecular flexibility index (Phi) is 4.44. The summed E-state index contributed by atoms with van der Waals surface area (Å²) in [5.74, 6) is -0.0183. The van der Waals surface area contributed by atoms with Gasteiger partial charge in [-0.2, -0.15) is 0 Å². The molecule has 7 heteroatoms. The standard InChI is InChI=1S/C18H19Cl2N3OS/c1-9(2)23-6-5-12-14(8-23)25-18-15(12)17(24)21-16(22-18)11-4-3-10(19)7-13(11)20/h3-4,7,9,16,22H,5-6,8H2,1-2H3,(H,21,24)/p+1/t16-/m1/s1. The number of carbonyl (C=O) groups excluding carboxylic acids is 1. The van der Waals surface area contributed by atoms with E-state index in [0.717, 1.165) is 35.6 Å². The Bertz CT molecular complexity index is 849. The lowest BCUT2D eigenvalue weighted by Gasteiger charge is -2.29. The van der Waals surface area contributed by atoms with Crippen molar-refractivity contribution >= 4 is 45.4 Å². The number of thiophene rings is 1. The van der Waals surface area contributed by atoms with Crippen molar-refractivity contribution < 1.29 is 9.69 Å². The number of anilines is 1. The van der Waals surface area contributed by atoms with E-state index in [4.69, 9.17) is 23.2 Å². The third kappa shape index (κ3) is 3.04. The summed E-state index contributed by atoms with van der Waals surface area (Å²) in [4.78, 5) is 15.7. The average Bonchev–Trinajstić information content (AvgIpc) is 2.92. The fraction of sp³-hybridized carbons (Fsp3) is 0.389. The summed E-state index contributed by atoms with van der Waals surface area (Å²) in [6.07, 6.45) is 0.620. The highest BCUT2D eigenvalue weighted by atomic mass is 35.5. The zero-order chi connectivity index (χ0) is 17.7. The number of amides is 1. The number of carbonyl (C=O) groups is 1. The molecular weight excluding hydrogens is 377 g/mol. The Morgan fingerprint density at radius 1 is 1.28 bits per heavy atom. The number of quaternary nitrogens is 1. The maximum Gasteiger partial charge on any atom is 0.256 e. The Morgan fingerprint density at radius 2 is 2.08 bits per heavy atom. The van der Waals surface area contributed by atoms with Crippen LogP contribution in [-0.4, -0.2) is 18.5 Å². The third-order valence-electron chi connectivity index (χ3n) is 5.04. The van der Waals surface area contributed by atoms with Crippen molar-refractivity contribution in [3.05, 3.63) is 49.8 Å². The lowest BCUT2D eigenvalue weighted by Crippen LogP contribution is -3.14. The van der Waals surface area contributed by atoms with Crippen molar-refractivity contribution in [3.8, 4) is 0 Å². The maximum atomic E-state index is 12.8. The molecule has 3 N–H and O–H groups in total. The first-order valence-corrected chi connectivity index (χ1v) is 10.0. The van der Waals surface area contributed by atoms with Crippen molar-refractivity contribution in [2.24, 2.45) is 0 Å². The van der Waals surface area contributed by atoms with Gasteiger partial charge in [0.15, 0.2) is 0 Å². The van der Waals surface area contributed by atoms with Crippen LogP contribution in [0.15, 0.2) is 18.2 Å². The molecule has 0 radical (unpaired) electrons. The SMILES string of the molecule is CC(C)[NH+]1CCc2c(sc3c2C(=O)N[C@@H](c2ccc(Cl)cc2Cl)N3)C1. The van der Waals surface area contributed by atoms with Crippen molar-refractivity contribution in [2.75, 3.05) is 11.9 Å². The Morgan fingerprint density at radius 3 is 2.80 bits per heavy atom. The van der Waals surface area contributed by atoms with Crippen LogP contribution < -0.4 is 15.5 Å². The third-order valence-corrected chi connectivity index (χ3v) is 6.77. The first-order chi connectivity index (χ1) is 11.9. The van der Waals surface area contributed by atoms with Crippen LogP contribution >= 0.6 is 34.5 Å². The molecule has 4 rings (SSSR count). The first-order valence-electron chi connectivity index (χ1n) is 8.45. The topological polar surface area (TPSA) is 45.6 Å². The Labute approximate surface area is 161 Å². The zero-order valence-corrected chi connectivity index (χ0v) is 16.4. The fourth-order valence-electron chi connectivity index (χ4n) is 3.60. The van der Waals surface area contributed by atoms with Gasteiger partial charge in [0.05, 0.1) is 23.0 Å². The molecular formula is C18H20Cl2N3OS+. The number of fused-ring (bicyclic) bond motifs is 3. The summed E-state index contributed by atoms with van der Waals surface area (Å²) in [7, 11) is 0. The Hall–Kier alpha value is -1.27. The molecule has 2 aliphatic heterocycles. The second-order valence-electron chi connectivity index (χ2n) is 6.91. The molecule has 0 saturated heterocycles. The van der Waals surface area contributed by atoms with Gasteiger partial charge < -0.3 is 15.5 Å². The molecule has 132 valence electrons. The second-order valence-corrected chi connectivity index (χ2v) is 8.86. The molecule has 0 spiro atoms. The lowest BCUT2D eigenvalue weighted by atomic mass is 9.99. The van der Waals surface area contributed by atoms with E-state index in [1.54, 1.807) is 28.4 Å². The average molecular weight is 397 g/mol. The van der Waals surface area contributed by atoms with E-state index in [1.807, 2.05) is 6.07 Å². The van der Waals surface area contributed by atoms with E-state index < -0.39 is 0 Å². The molecule has 0 saturated carbocycles. The molecule has 2 aromatic rings. The van der Waals surface area contributed by atoms with Crippen LogP contribution in [-0.2, 0) is 13.0 Å². The van der Waals surface area contributed by atoms with Crippen LogP contribution in [0.25, 0.3) is 0 Å². The van der Waals surface area contributed by atoms with Crippen LogP contribution in [0.5, 0.6) is 0 Å². The Balaban J connectivity index is 1.67. The van der Waals surface area contributed by atoms with Gasteiger partial charge in [0.1, 0.15) is 17.7 Å². The quantitative estimate of drug-likeness (QED) is 0.729. The van der Waals surface area contributed by atoms with Crippen LogP contribution in [0.3, 0.4) is 0 Å². The van der Waals surface area contributed by atoms with Crippen LogP contribution in [0.2, 0.25) is 10.0 Å². The van der Waals surface area contributed by atoms with Crippen molar-refractivity contribution in [3.63, 3.8) is 0 Å². The molecule has 0 fully saturated rings. The maximum absolute atomic E-state index is 12.8. The van der Waals surface area contributed by atoms with E-state index >= 15 is 0 Å². The number of halogens is 2. The van der Waals surface area contributed by atoms with Gasteiger partial charge in [-0.05, 0) is 31.5 Å². The predicted octanol–water partition coefficient (Wildman–Crippen LogP) is 3.26. The molecule has 1 amide bonds. The molecule has 1 aromatic heterocycles. The monoisotopic (exact) mass is 396 g/mol. The highest BCUT2D eigenvalue weighted by molar-refractivity contribution is 7.16. The first kappa shape index (κ1) is 17.2. The molecule has 25 heavy (non-hydrogen) atoms. The molecule has 1 aromatic carbocycles. The molecule has 2 aliphatic rings. The predicted molar refractivity (Wildman–Crippen MR) is 103 cm³/mol. The largest absolute Gasteiger partial charge is 0.353 e. The second kappa shape index (κ2) is 6.47. The molecule has 1 unspecified atom stereocenters. The minimum absolute atomic E-state index is 0.0183. The van der Waals surface area contributed by atoms with Crippen molar-refractivity contribution in [1.29, 1.82) is 0 Å². The van der Waals surface area contributed by atoms with E-state index in [1.165, 1.54) is 10.4 Å². The summed E-state index contributed by atoms with van der Waals surface area (Å²) in [6, 6.07) is 5.93. The van der Waals surface area contributed by atoms with Gasteiger partial charge in [0, 0.05) is 22.0 Å². The molecule has 0 bridgehead atoms. The van der Waals surface area contributed by atoms with Gasteiger partial charge in [-0.1, -0.05) is 29.3 Å². The van der Waals surface area contributed by atoms with Crippen LogP contribution in [0, 0.1) is 0 Å². The molecule has 2 atom stereocenters. The van der Waals surface area contributed by atoms with Crippen LogP contribution in [0.4, 0.5) is 5.00 Å². The number of nitrogens with one attached hydrogen (secondary N) is 3. The normalized spacial score (nSPS) is 22.2. The van der Waals surface area contributed by atoms with Gasteiger partial charge in [-0.3, -0.25) is 4.79 Å². The van der Waals surface area contributed by atoms with Crippen molar-refractivity contribution in [1.82, 2.24) is 5.32 Å². The highest BCUT2D eigenvalue weighted by Gasteiger charge is 2.35. The molecule has 0 aliphatic carbocycles. The number of hydrogen-bond acceptors (Lipinski definition) is 3. The van der Waals surface area contributed by atoms with Gasteiger partial charge in [-0.15, -0.1) is 11.3 Å². The molecule has 4 nitrogen and oxygen atoms in total. The van der Waals surface area contributed by atoms with Gasteiger partial charge >= 0.3 is 0 Å². The van der Waals surface area contributed by atoms with Crippen molar-refractivity contribution in [2.45, 2.75) is 39.0 Å². The summed E-state index contributed by atoms with van der Waals surface area (Å²) in [6.45, 7) is 6.56. The van der Waals surface area contributed by atoms with Gasteiger partial charge in [-0.25, -0.2) is 0 Å². The van der Waals surface area contributed by atoms with E-state index in [9.17, 15) is 4.79 Å². The summed E-state index contributed by atoms with van der Waals surface area (Å²) in [5.41, 5.74) is 2.87. The van der Waals surface area contributed by atoms with Gasteiger partial charge in [0.2, 0.25) is 0 Å². The zero-order valence-electron chi connectivity index (χ0n) is 14.1. The fourth-order valence-corrected chi connectivity index (χ4v) is 5.44. The summed E-state index contributed by atoms with van der Waals surface area (Å²) < 4.78 is 0. The van der Waals surface area contributed by atoms with E-state index in [2.05, 4.69) is 24.5 Å². The minimum Gasteiger partial charge on any atom is -0.353 e. The van der Waals surface area contributed by atoms with E-state index in [-0.39, 0.29) is 12.1 Å². The van der Waals surface area contributed by atoms with Crippen LogP contribution in [0.1, 0.15) is 46.4 Å². The number of benzene rings is 1. The van der Waals surface area contributed by atoms with Gasteiger partial charge in [0.25, 0.3) is 5.91 Å². The number of rotatable bonds is 2. The number of hydrogen-bond donors (Lipinski definition) is 3. The minimum atomic E-state index is -0.335. The van der Waals surface area contributed by atoms with E-state index in [0.29, 0.717) is 16.1 Å².